The molecule has 2 N–H and O–H groups in total. The molecule has 0 saturated heterocycles. The minimum absolute atomic E-state index is 0.0216. The van der Waals surface area contributed by atoms with Crippen molar-refractivity contribution in [3.63, 3.8) is 0 Å². The Bertz CT molecular complexity index is 1020. The van der Waals surface area contributed by atoms with Gasteiger partial charge >= 0.3 is 0 Å². The Kier molecular flexibility index (Phi) is 4.51. The third-order valence-electron chi connectivity index (χ3n) is 3.41. The van der Waals surface area contributed by atoms with Crippen LogP contribution < -0.4 is 0 Å². The summed E-state index contributed by atoms with van der Waals surface area (Å²) in [5.41, 5.74) is 0.184. The van der Waals surface area contributed by atoms with Crippen LogP contribution in [0, 0.1) is 0 Å². The molecule has 3 rings (SSSR count). The van der Waals surface area contributed by atoms with E-state index in [-0.39, 0.29) is 27.7 Å². The highest BCUT2D eigenvalue weighted by Gasteiger charge is 2.26. The van der Waals surface area contributed by atoms with Crippen molar-refractivity contribution in [1.82, 2.24) is 20.2 Å². The van der Waals surface area contributed by atoms with Crippen LogP contribution in [0.4, 0.5) is 0 Å². The van der Waals surface area contributed by atoms with Gasteiger partial charge in [0.25, 0.3) is 5.78 Å². The van der Waals surface area contributed by atoms with E-state index in [2.05, 4.69) is 20.2 Å². The van der Waals surface area contributed by atoms with Crippen molar-refractivity contribution in [2.24, 2.45) is 0 Å². The molecule has 0 atom stereocenters. The smallest absolute Gasteiger partial charge is 0.267 e. The lowest BCUT2D eigenvalue weighted by Gasteiger charge is -2.06. The van der Waals surface area contributed by atoms with Crippen LogP contribution in [0.1, 0.15) is 16.2 Å². The molecule has 10 heteroatoms. The molecule has 0 spiro atoms. The van der Waals surface area contributed by atoms with Gasteiger partial charge in [0, 0.05) is 17.6 Å². The molecule has 0 unspecified atom stereocenters. The number of sulfone groups is 1. The molecule has 2 aromatic heterocycles. The van der Waals surface area contributed by atoms with Gasteiger partial charge in [-0.05, 0) is 35.9 Å². The first-order valence-corrected chi connectivity index (χ1v) is 8.86. The first-order valence-electron chi connectivity index (χ1n) is 7.00. The molecule has 0 fully saturated rings. The highest BCUT2D eigenvalue weighted by molar-refractivity contribution is 7.91. The van der Waals surface area contributed by atoms with E-state index in [9.17, 15) is 18.0 Å². The molecule has 1 aromatic carbocycles. The lowest BCUT2D eigenvalue weighted by Crippen LogP contribution is -2.19. The van der Waals surface area contributed by atoms with E-state index >= 15 is 0 Å². The Balaban J connectivity index is 1.89. The summed E-state index contributed by atoms with van der Waals surface area (Å²) in [6.07, 6.45) is 2.18. The van der Waals surface area contributed by atoms with Crippen molar-refractivity contribution < 1.29 is 18.0 Å². The highest BCUT2D eigenvalue weighted by atomic mass is 35.5. The van der Waals surface area contributed by atoms with Crippen molar-refractivity contribution >= 4 is 33.0 Å². The second kappa shape index (κ2) is 6.61. The summed E-state index contributed by atoms with van der Waals surface area (Å²) >= 11 is 5.77. The molecule has 8 nitrogen and oxygen atoms in total. The van der Waals surface area contributed by atoms with Crippen LogP contribution in [0.3, 0.4) is 0 Å². The predicted octanol–water partition coefficient (Wildman–Crippen LogP) is 1.61. The number of hydrogen-bond acceptors (Lipinski definition) is 6. The average Bonchev–Trinajstić information content (AvgIpc) is 3.26. The number of aromatic nitrogens is 4. The SMILES string of the molecule is O=C(Cc1cc[nH]c1S(=O)(=O)c1ccc(Cl)cc1)C(=O)c1nc[nH]n1. The molecule has 25 heavy (non-hydrogen) atoms. The topological polar surface area (TPSA) is 126 Å². The van der Waals surface area contributed by atoms with Crippen LogP contribution in [0.25, 0.3) is 0 Å². The average molecular weight is 379 g/mol. The molecule has 0 aliphatic rings. The summed E-state index contributed by atoms with van der Waals surface area (Å²) in [7, 11) is -3.88. The Morgan fingerprint density at radius 2 is 1.84 bits per heavy atom. The van der Waals surface area contributed by atoms with Crippen molar-refractivity contribution in [3.8, 4) is 0 Å². The number of hydrogen-bond donors (Lipinski definition) is 2. The summed E-state index contributed by atoms with van der Waals surface area (Å²) in [6, 6.07) is 7.07. The molecule has 0 bridgehead atoms. The Labute approximate surface area is 147 Å². The number of carbonyl (C=O) groups excluding carboxylic acids is 2. The van der Waals surface area contributed by atoms with E-state index in [1.807, 2.05) is 0 Å². The second-order valence-electron chi connectivity index (χ2n) is 5.04. The number of carbonyl (C=O) groups is 2. The molecule has 3 aromatic rings. The standard InChI is InChI=1S/C15H11ClN4O4S/c16-10-1-3-11(4-2-10)25(23,24)15-9(5-6-17-15)7-12(21)13(22)14-18-8-19-20-14/h1-6,8,17H,7H2,(H,18,19,20). The van der Waals surface area contributed by atoms with Gasteiger partial charge in [0.05, 0.1) is 4.90 Å². The van der Waals surface area contributed by atoms with E-state index in [4.69, 9.17) is 11.6 Å². The first-order chi connectivity index (χ1) is 11.9. The van der Waals surface area contributed by atoms with E-state index < -0.39 is 21.4 Å². The monoisotopic (exact) mass is 378 g/mol. The van der Waals surface area contributed by atoms with E-state index in [0.29, 0.717) is 5.02 Å². The third kappa shape index (κ3) is 3.37. The minimum atomic E-state index is -3.88. The van der Waals surface area contributed by atoms with Crippen LogP contribution in [-0.2, 0) is 21.1 Å². The van der Waals surface area contributed by atoms with Crippen molar-refractivity contribution in [1.29, 1.82) is 0 Å². The summed E-state index contributed by atoms with van der Waals surface area (Å²) in [5.74, 6) is -1.97. The van der Waals surface area contributed by atoms with Crippen LogP contribution >= 0.6 is 11.6 Å². The zero-order chi connectivity index (χ0) is 18.0. The lowest BCUT2D eigenvalue weighted by atomic mass is 10.1. The van der Waals surface area contributed by atoms with Gasteiger partial charge < -0.3 is 4.98 Å². The van der Waals surface area contributed by atoms with Crippen molar-refractivity contribution in [2.75, 3.05) is 0 Å². The quantitative estimate of drug-likeness (QED) is 0.495. The fourth-order valence-corrected chi connectivity index (χ4v) is 3.77. The maximum absolute atomic E-state index is 12.7. The van der Waals surface area contributed by atoms with Crippen molar-refractivity contribution in [3.05, 3.63) is 59.3 Å². The normalized spacial score (nSPS) is 11.4. The Morgan fingerprint density at radius 1 is 1.12 bits per heavy atom. The zero-order valence-electron chi connectivity index (χ0n) is 12.6. The molecule has 0 amide bonds. The van der Waals surface area contributed by atoms with Gasteiger partial charge in [0.15, 0.2) is 0 Å². The number of halogens is 1. The number of ketones is 2. The Morgan fingerprint density at radius 3 is 2.48 bits per heavy atom. The number of H-pyrrole nitrogens is 2. The second-order valence-corrected chi connectivity index (χ2v) is 7.36. The first kappa shape index (κ1) is 17.1. The molecule has 0 aliphatic heterocycles. The summed E-state index contributed by atoms with van der Waals surface area (Å²) in [5, 5.41) is 6.14. The van der Waals surface area contributed by atoms with Crippen molar-refractivity contribution in [2.45, 2.75) is 16.3 Å². The largest absolute Gasteiger partial charge is 0.352 e. The maximum atomic E-state index is 12.7. The highest BCUT2D eigenvalue weighted by Crippen LogP contribution is 2.24. The molecule has 2 heterocycles. The van der Waals surface area contributed by atoms with Gasteiger partial charge in [-0.15, -0.1) is 5.10 Å². The van der Waals surface area contributed by atoms with Gasteiger partial charge in [-0.1, -0.05) is 11.6 Å². The molecule has 0 saturated carbocycles. The zero-order valence-corrected chi connectivity index (χ0v) is 14.1. The summed E-state index contributed by atoms with van der Waals surface area (Å²) < 4.78 is 25.4. The fraction of sp³-hybridized carbons (Fsp3) is 0.0667. The molecule has 128 valence electrons. The van der Waals surface area contributed by atoms with Crippen LogP contribution in [-0.4, -0.2) is 40.1 Å². The van der Waals surface area contributed by atoms with Gasteiger partial charge in [-0.2, -0.15) is 0 Å². The third-order valence-corrected chi connectivity index (χ3v) is 5.47. The Hall–Kier alpha value is -2.78. The number of Topliss-reactive ketones (excluding diaryl/α,β-unsaturated/α-hetero) is 2. The predicted molar refractivity (Wildman–Crippen MR) is 87.1 cm³/mol. The van der Waals surface area contributed by atoms with Gasteiger partial charge in [0.1, 0.15) is 11.4 Å². The van der Waals surface area contributed by atoms with Gasteiger partial charge in [-0.3, -0.25) is 14.7 Å². The van der Waals surface area contributed by atoms with Gasteiger partial charge in [-0.25, -0.2) is 13.4 Å². The van der Waals surface area contributed by atoms with E-state index in [0.717, 1.165) is 0 Å². The molecule has 0 radical (unpaired) electrons. The number of aromatic amines is 2. The number of benzene rings is 1. The number of nitrogens with zero attached hydrogens (tertiary/aromatic N) is 2. The van der Waals surface area contributed by atoms with Gasteiger partial charge in [0.2, 0.25) is 21.4 Å². The molecule has 0 aliphatic carbocycles. The number of rotatable bonds is 6. The minimum Gasteiger partial charge on any atom is -0.352 e. The maximum Gasteiger partial charge on any atom is 0.267 e. The summed E-state index contributed by atoms with van der Waals surface area (Å²) in [4.78, 5) is 30.3. The summed E-state index contributed by atoms with van der Waals surface area (Å²) in [6.45, 7) is 0. The fourth-order valence-electron chi connectivity index (χ4n) is 2.20. The van der Waals surface area contributed by atoms with E-state index in [1.165, 1.54) is 42.9 Å². The van der Waals surface area contributed by atoms with Crippen LogP contribution in [0.15, 0.2) is 52.8 Å². The van der Waals surface area contributed by atoms with Crippen LogP contribution in [0.5, 0.6) is 0 Å². The molecular formula is C15H11ClN4O4S. The van der Waals surface area contributed by atoms with E-state index in [1.54, 1.807) is 0 Å². The number of nitrogens with one attached hydrogen (secondary N) is 2. The van der Waals surface area contributed by atoms with Crippen LogP contribution in [0.2, 0.25) is 5.02 Å². The molecular weight excluding hydrogens is 368 g/mol. The lowest BCUT2D eigenvalue weighted by molar-refractivity contribution is -0.114.